The van der Waals surface area contributed by atoms with Crippen LogP contribution in [0.5, 0.6) is 0 Å². The Hall–Kier alpha value is -1.12. The smallest absolute Gasteiger partial charge is 0.0216 e. The molecule has 0 saturated carbocycles. The predicted molar refractivity (Wildman–Crippen MR) is 80.1 cm³/mol. The maximum atomic E-state index is 3.52. The van der Waals surface area contributed by atoms with Crippen LogP contribution in [0.1, 0.15) is 29.5 Å². The van der Waals surface area contributed by atoms with Gasteiger partial charge in [-0.05, 0) is 60.2 Å². The second-order valence-corrected chi connectivity index (χ2v) is 5.44. The van der Waals surface area contributed by atoms with E-state index >= 15 is 0 Å². The van der Waals surface area contributed by atoms with E-state index in [1.54, 1.807) is 11.3 Å². The Kier molecular flexibility index (Phi) is 5.43. The van der Waals surface area contributed by atoms with Gasteiger partial charge < -0.3 is 5.32 Å². The summed E-state index contributed by atoms with van der Waals surface area (Å²) in [5.74, 6) is 0. The summed E-state index contributed by atoms with van der Waals surface area (Å²) < 4.78 is 0. The lowest BCUT2D eigenvalue weighted by Gasteiger charge is -2.05. The van der Waals surface area contributed by atoms with Crippen LogP contribution >= 0.6 is 11.3 Å². The molecule has 0 amide bonds. The quantitative estimate of drug-likeness (QED) is 0.736. The van der Waals surface area contributed by atoms with Crippen LogP contribution in [-0.2, 0) is 13.0 Å². The molecule has 2 rings (SSSR count). The second-order valence-electron chi connectivity index (χ2n) is 4.70. The number of benzene rings is 1. The molecule has 0 radical (unpaired) electrons. The van der Waals surface area contributed by atoms with Gasteiger partial charge in [-0.15, -0.1) is 0 Å². The third kappa shape index (κ3) is 4.28. The first-order chi connectivity index (χ1) is 8.86. The van der Waals surface area contributed by atoms with Crippen LogP contribution in [0.3, 0.4) is 0 Å². The fourth-order valence-electron chi connectivity index (χ4n) is 2.01. The Labute approximate surface area is 114 Å². The van der Waals surface area contributed by atoms with Crippen molar-refractivity contribution in [3.8, 4) is 0 Å². The first kappa shape index (κ1) is 13.3. The molecule has 2 heteroatoms. The highest BCUT2D eigenvalue weighted by Crippen LogP contribution is 2.13. The topological polar surface area (TPSA) is 12.0 Å². The monoisotopic (exact) mass is 259 g/mol. The van der Waals surface area contributed by atoms with Gasteiger partial charge in [0.25, 0.3) is 0 Å². The minimum absolute atomic E-state index is 1.01. The molecule has 1 N–H and O–H groups in total. The summed E-state index contributed by atoms with van der Waals surface area (Å²) in [7, 11) is 0. The van der Waals surface area contributed by atoms with Crippen molar-refractivity contribution >= 4 is 11.3 Å². The van der Waals surface area contributed by atoms with Crippen molar-refractivity contribution in [2.75, 3.05) is 6.54 Å². The molecule has 0 fully saturated rings. The standard InChI is InChI=1S/C16H21NS/c1-14-12-18-13-16(14)11-17-10-6-5-9-15-7-3-2-4-8-15/h2-4,7-8,12-13,17H,5-6,9-11H2,1H3. The van der Waals surface area contributed by atoms with Crippen LogP contribution in [0, 0.1) is 6.92 Å². The molecule has 1 heterocycles. The third-order valence-electron chi connectivity index (χ3n) is 3.19. The summed E-state index contributed by atoms with van der Waals surface area (Å²) in [5.41, 5.74) is 4.31. The van der Waals surface area contributed by atoms with Gasteiger partial charge in [-0.2, -0.15) is 11.3 Å². The molecule has 18 heavy (non-hydrogen) atoms. The van der Waals surface area contributed by atoms with E-state index in [0.717, 1.165) is 13.1 Å². The Balaban J connectivity index is 1.56. The summed E-state index contributed by atoms with van der Waals surface area (Å²) in [5, 5.41) is 7.98. The van der Waals surface area contributed by atoms with E-state index in [1.807, 2.05) is 0 Å². The van der Waals surface area contributed by atoms with Crippen LogP contribution < -0.4 is 5.32 Å². The molecule has 0 atom stereocenters. The van der Waals surface area contributed by atoms with Crippen molar-refractivity contribution in [3.63, 3.8) is 0 Å². The fraction of sp³-hybridized carbons (Fsp3) is 0.375. The van der Waals surface area contributed by atoms with Gasteiger partial charge in [0.1, 0.15) is 0 Å². The minimum atomic E-state index is 1.01. The summed E-state index contributed by atoms with van der Waals surface area (Å²) in [6.45, 7) is 4.31. The Morgan fingerprint density at radius 1 is 1.06 bits per heavy atom. The molecule has 96 valence electrons. The maximum Gasteiger partial charge on any atom is 0.0216 e. The third-order valence-corrected chi connectivity index (χ3v) is 4.10. The number of aryl methyl sites for hydroxylation is 2. The van der Waals surface area contributed by atoms with Crippen molar-refractivity contribution < 1.29 is 0 Å². The van der Waals surface area contributed by atoms with Crippen molar-refractivity contribution in [1.82, 2.24) is 5.32 Å². The first-order valence-corrected chi connectivity index (χ1v) is 7.57. The number of rotatable bonds is 7. The van der Waals surface area contributed by atoms with Crippen molar-refractivity contribution in [1.29, 1.82) is 0 Å². The van der Waals surface area contributed by atoms with E-state index in [2.05, 4.69) is 53.3 Å². The van der Waals surface area contributed by atoms with Gasteiger partial charge in [-0.3, -0.25) is 0 Å². The van der Waals surface area contributed by atoms with Crippen LogP contribution in [0.25, 0.3) is 0 Å². The Morgan fingerprint density at radius 3 is 2.61 bits per heavy atom. The van der Waals surface area contributed by atoms with Gasteiger partial charge in [0.2, 0.25) is 0 Å². The molecule has 0 unspecified atom stereocenters. The molecular formula is C16H21NS. The molecular weight excluding hydrogens is 238 g/mol. The van der Waals surface area contributed by atoms with Gasteiger partial charge in [-0.25, -0.2) is 0 Å². The maximum absolute atomic E-state index is 3.52. The molecule has 1 aromatic carbocycles. The lowest BCUT2D eigenvalue weighted by atomic mass is 10.1. The van der Waals surface area contributed by atoms with Gasteiger partial charge in [0.15, 0.2) is 0 Å². The number of nitrogens with one attached hydrogen (secondary N) is 1. The van der Waals surface area contributed by atoms with Gasteiger partial charge >= 0.3 is 0 Å². The Bertz CT molecular complexity index is 447. The molecule has 0 aliphatic carbocycles. The molecule has 0 saturated heterocycles. The van der Waals surface area contributed by atoms with Crippen LogP contribution in [0.15, 0.2) is 41.1 Å². The Morgan fingerprint density at radius 2 is 1.89 bits per heavy atom. The van der Waals surface area contributed by atoms with Crippen molar-refractivity contribution in [2.45, 2.75) is 32.7 Å². The fourth-order valence-corrected chi connectivity index (χ4v) is 2.87. The first-order valence-electron chi connectivity index (χ1n) is 6.62. The minimum Gasteiger partial charge on any atom is -0.313 e. The van der Waals surface area contributed by atoms with Crippen molar-refractivity contribution in [2.24, 2.45) is 0 Å². The molecule has 0 bridgehead atoms. The SMILES string of the molecule is Cc1cscc1CNCCCCc1ccccc1. The molecule has 1 aromatic heterocycles. The molecule has 0 aliphatic heterocycles. The zero-order chi connectivity index (χ0) is 12.6. The molecule has 2 aromatic rings. The highest BCUT2D eigenvalue weighted by Gasteiger charge is 1.98. The van der Waals surface area contributed by atoms with E-state index in [0.29, 0.717) is 0 Å². The summed E-state index contributed by atoms with van der Waals surface area (Å²) in [4.78, 5) is 0. The van der Waals surface area contributed by atoms with E-state index in [-0.39, 0.29) is 0 Å². The van der Waals surface area contributed by atoms with Crippen LogP contribution in [0.4, 0.5) is 0 Å². The molecule has 0 aliphatic rings. The summed E-state index contributed by atoms with van der Waals surface area (Å²) in [6.07, 6.45) is 3.71. The lowest BCUT2D eigenvalue weighted by Crippen LogP contribution is -2.14. The highest BCUT2D eigenvalue weighted by molar-refractivity contribution is 7.08. The predicted octanol–water partition coefficient (Wildman–Crippen LogP) is 4.17. The molecule has 1 nitrogen and oxygen atoms in total. The summed E-state index contributed by atoms with van der Waals surface area (Å²) >= 11 is 1.79. The number of unbranched alkanes of at least 4 members (excludes halogenated alkanes) is 1. The zero-order valence-corrected chi connectivity index (χ0v) is 11.8. The summed E-state index contributed by atoms with van der Waals surface area (Å²) in [6, 6.07) is 10.7. The highest BCUT2D eigenvalue weighted by atomic mass is 32.1. The number of hydrogen-bond donors (Lipinski definition) is 1. The van der Waals surface area contributed by atoms with E-state index in [4.69, 9.17) is 0 Å². The van der Waals surface area contributed by atoms with Crippen LogP contribution in [-0.4, -0.2) is 6.54 Å². The van der Waals surface area contributed by atoms with E-state index in [1.165, 1.54) is 36.0 Å². The van der Waals surface area contributed by atoms with Crippen LogP contribution in [0.2, 0.25) is 0 Å². The lowest BCUT2D eigenvalue weighted by molar-refractivity contribution is 0.622. The van der Waals surface area contributed by atoms with E-state index in [9.17, 15) is 0 Å². The van der Waals surface area contributed by atoms with E-state index < -0.39 is 0 Å². The van der Waals surface area contributed by atoms with Gasteiger partial charge in [0, 0.05) is 6.54 Å². The average molecular weight is 259 g/mol. The van der Waals surface area contributed by atoms with Crippen molar-refractivity contribution in [3.05, 3.63) is 57.8 Å². The van der Waals surface area contributed by atoms with Gasteiger partial charge in [-0.1, -0.05) is 30.3 Å². The largest absolute Gasteiger partial charge is 0.313 e. The number of hydrogen-bond acceptors (Lipinski definition) is 2. The molecule has 0 spiro atoms. The normalized spacial score (nSPS) is 10.7. The second kappa shape index (κ2) is 7.34. The average Bonchev–Trinajstić information content (AvgIpc) is 2.81. The van der Waals surface area contributed by atoms with Gasteiger partial charge in [0.05, 0.1) is 0 Å². The zero-order valence-electron chi connectivity index (χ0n) is 11.0. The number of thiophene rings is 1.